The number of nitrogens with one attached hydrogen (secondary N) is 2. The molecule has 0 unspecified atom stereocenters. The number of aromatic nitrogens is 4. The van der Waals surface area contributed by atoms with E-state index in [0.29, 0.717) is 0 Å². The molecule has 244 valence electrons. The molecule has 8 atom stereocenters. The van der Waals surface area contributed by atoms with Crippen LogP contribution in [0.15, 0.2) is 53.9 Å². The molecule has 0 spiro atoms. The Bertz CT molecular complexity index is 1480. The minimum absolute atomic E-state index is 0. The molecule has 0 aromatic carbocycles. The second-order valence-electron chi connectivity index (χ2n) is 9.40. The molecule has 0 aliphatic carbocycles. The monoisotopic (exact) mass is 632 g/mol. The lowest BCUT2D eigenvalue weighted by Crippen LogP contribution is -2.48. The Labute approximate surface area is 246 Å². The number of rotatable bonds is 8. The Morgan fingerprint density at radius 3 is 1.68 bits per heavy atom. The third-order valence-corrected chi connectivity index (χ3v) is 6.99. The number of H-pyrrole nitrogens is 2. The lowest BCUT2D eigenvalue weighted by atomic mass is 9.88. The Kier molecular flexibility index (Phi) is 13.2. The Balaban J connectivity index is 0.000000421. The summed E-state index contributed by atoms with van der Waals surface area (Å²) in [5, 5.41) is 35.2. The fourth-order valence-electron chi connectivity index (χ4n) is 4.47. The molecule has 4 heterocycles. The molecule has 2 aromatic heterocycles. The molecule has 5 N–H and O–H groups in total. The van der Waals surface area contributed by atoms with Gasteiger partial charge in [-0.05, 0) is 11.1 Å². The number of halogens is 2. The number of ether oxygens (including phenoxy) is 2. The Morgan fingerprint density at radius 2 is 1.27 bits per heavy atom. The predicted molar refractivity (Wildman–Crippen MR) is 149 cm³/mol. The fourth-order valence-corrected chi connectivity index (χ4v) is 4.47. The number of hydrogen-bond donors (Lipinski definition) is 5. The van der Waals surface area contributed by atoms with E-state index in [1.807, 2.05) is 9.97 Å². The summed E-state index contributed by atoms with van der Waals surface area (Å²) in [5.74, 6) is -0.808. The predicted octanol–water partition coefficient (Wildman–Crippen LogP) is 0.159. The number of hydrogen-bond acceptors (Lipinski definition) is 11. The van der Waals surface area contributed by atoms with Gasteiger partial charge in [0.15, 0.2) is 24.8 Å². The SMILES string of the molecule is C.C.C[C@H]1[C@@H](F)[C@H](n2ccc(=O)[nH]c2=O)O[C@@]1(CO)CN=[N+]=[N-].[N-]=[N+]=NC[C@]1(CO)O[C@@H](n2ccc(=O)[nH]c2=O)[C@H](F)[C@@H]1O. The summed E-state index contributed by atoms with van der Waals surface area (Å²) in [7, 11) is 0. The summed E-state index contributed by atoms with van der Waals surface area (Å²) in [6.45, 7) is -0.679. The molecule has 0 radical (unpaired) electrons. The summed E-state index contributed by atoms with van der Waals surface area (Å²) in [5.41, 5.74) is 10.4. The number of aromatic amines is 2. The lowest BCUT2D eigenvalue weighted by molar-refractivity contribution is -0.122. The highest BCUT2D eigenvalue weighted by Gasteiger charge is 2.56. The first-order valence-corrected chi connectivity index (χ1v) is 12.1. The van der Waals surface area contributed by atoms with Gasteiger partial charge in [0.25, 0.3) is 11.1 Å². The van der Waals surface area contributed by atoms with Crippen LogP contribution < -0.4 is 22.5 Å². The summed E-state index contributed by atoms with van der Waals surface area (Å²) < 4.78 is 41.0. The van der Waals surface area contributed by atoms with Gasteiger partial charge in [0, 0.05) is 40.3 Å². The molecular weight excluding hydrogens is 598 g/mol. The molecule has 2 aromatic rings. The van der Waals surface area contributed by atoms with Crippen molar-refractivity contribution in [3.05, 3.63) is 87.1 Å². The van der Waals surface area contributed by atoms with Gasteiger partial charge in [0.1, 0.15) is 17.3 Å². The van der Waals surface area contributed by atoms with E-state index < -0.39 is 90.3 Å². The van der Waals surface area contributed by atoms with Crippen LogP contribution in [0.3, 0.4) is 0 Å². The summed E-state index contributed by atoms with van der Waals surface area (Å²) in [6.07, 6.45) is -6.24. The van der Waals surface area contributed by atoms with Crippen molar-refractivity contribution >= 4 is 0 Å². The smallest absolute Gasteiger partial charge is 0.330 e. The second-order valence-corrected chi connectivity index (χ2v) is 9.40. The highest BCUT2D eigenvalue weighted by molar-refractivity contribution is 5.04. The van der Waals surface area contributed by atoms with Crippen molar-refractivity contribution < 1.29 is 33.6 Å². The third-order valence-electron chi connectivity index (χ3n) is 6.99. The molecule has 2 saturated heterocycles. The summed E-state index contributed by atoms with van der Waals surface area (Å²) in [6, 6.07) is 2.05. The van der Waals surface area contributed by atoms with E-state index in [0.717, 1.165) is 33.7 Å². The lowest BCUT2D eigenvalue weighted by Gasteiger charge is -2.28. The standard InChI is InChI=1S/C11H14FN5O4.C10H12FN5O5.2CH4/c1-6-8(12)9(17-3-2-7(19)15-10(17)20)21-11(6,5-18)4-14-16-13;11-6-7(19)10(4-17,3-13-15-12)21-8(6)16-2-1-5(18)14-9(16)20;;/h2-3,6,8-9,18H,4-5H2,1H3,(H,15,19,20);1-2,6-8,17,19H,3-4H2,(H,14,18,20);2*1H4/t6-,8+,9+,11+;6-,7+,8-,10-;;/m01../s1. The van der Waals surface area contributed by atoms with Crippen LogP contribution in [0.4, 0.5) is 8.78 Å². The number of azide groups is 2. The molecule has 0 bridgehead atoms. The van der Waals surface area contributed by atoms with E-state index >= 15 is 0 Å². The van der Waals surface area contributed by atoms with E-state index in [2.05, 4.69) is 20.1 Å². The highest BCUT2D eigenvalue weighted by Crippen LogP contribution is 2.43. The van der Waals surface area contributed by atoms with Crippen LogP contribution in [0.5, 0.6) is 0 Å². The average Bonchev–Trinajstić information content (AvgIpc) is 3.36. The normalized spacial score (nSPS) is 30.4. The molecule has 0 saturated carbocycles. The van der Waals surface area contributed by atoms with Gasteiger partial charge in [-0.2, -0.15) is 0 Å². The van der Waals surface area contributed by atoms with Gasteiger partial charge in [0.2, 0.25) is 0 Å². The second kappa shape index (κ2) is 15.4. The van der Waals surface area contributed by atoms with E-state index in [1.54, 1.807) is 0 Å². The van der Waals surface area contributed by atoms with Crippen molar-refractivity contribution in [2.24, 2.45) is 16.1 Å². The summed E-state index contributed by atoms with van der Waals surface area (Å²) >= 11 is 0. The number of nitrogens with zero attached hydrogens (tertiary/aromatic N) is 8. The molecule has 0 amide bonds. The molecular formula is C23H34F2N10O9. The fraction of sp³-hybridized carbons (Fsp3) is 0.652. The molecule has 2 fully saturated rings. The van der Waals surface area contributed by atoms with Crippen molar-refractivity contribution in [3.8, 4) is 0 Å². The van der Waals surface area contributed by atoms with Crippen LogP contribution in [0.1, 0.15) is 34.2 Å². The molecule has 21 heteroatoms. The van der Waals surface area contributed by atoms with Crippen molar-refractivity contribution in [1.82, 2.24) is 19.1 Å². The van der Waals surface area contributed by atoms with E-state index in [9.17, 15) is 43.3 Å². The number of alkyl halides is 2. The van der Waals surface area contributed by atoms with Crippen LogP contribution in [0, 0.1) is 5.92 Å². The zero-order valence-electron chi connectivity index (χ0n) is 21.7. The van der Waals surface area contributed by atoms with Crippen LogP contribution in [-0.2, 0) is 9.47 Å². The van der Waals surface area contributed by atoms with Gasteiger partial charge >= 0.3 is 11.4 Å². The summed E-state index contributed by atoms with van der Waals surface area (Å²) in [4.78, 5) is 54.3. The topological polar surface area (TPSA) is 286 Å². The molecule has 44 heavy (non-hydrogen) atoms. The van der Waals surface area contributed by atoms with Gasteiger partial charge < -0.3 is 24.8 Å². The van der Waals surface area contributed by atoms with Crippen molar-refractivity contribution in [2.75, 3.05) is 26.3 Å². The van der Waals surface area contributed by atoms with Crippen molar-refractivity contribution in [1.29, 1.82) is 0 Å². The van der Waals surface area contributed by atoms with Crippen molar-refractivity contribution in [3.63, 3.8) is 0 Å². The van der Waals surface area contributed by atoms with E-state index in [1.165, 1.54) is 6.92 Å². The van der Waals surface area contributed by atoms with Gasteiger partial charge in [0.05, 0.1) is 26.3 Å². The maximum Gasteiger partial charge on any atom is 0.330 e. The number of aliphatic hydroxyl groups excluding tert-OH is 3. The van der Waals surface area contributed by atoms with E-state index in [4.69, 9.17) is 20.5 Å². The van der Waals surface area contributed by atoms with Gasteiger partial charge in [-0.25, -0.2) is 18.4 Å². The minimum Gasteiger partial charge on any atom is -0.393 e. The van der Waals surface area contributed by atoms with Crippen LogP contribution in [0.25, 0.3) is 20.9 Å². The van der Waals surface area contributed by atoms with Crippen LogP contribution >= 0.6 is 0 Å². The van der Waals surface area contributed by atoms with Gasteiger partial charge in [-0.15, -0.1) is 0 Å². The minimum atomic E-state index is -2.06. The van der Waals surface area contributed by atoms with Crippen LogP contribution in [0.2, 0.25) is 0 Å². The average molecular weight is 633 g/mol. The first-order chi connectivity index (χ1) is 19.9. The Morgan fingerprint density at radius 1 is 0.864 bits per heavy atom. The van der Waals surface area contributed by atoms with Crippen LogP contribution in [-0.4, -0.2) is 90.4 Å². The van der Waals surface area contributed by atoms with Gasteiger partial charge in [-0.3, -0.25) is 28.7 Å². The number of aliphatic hydroxyl groups is 3. The maximum atomic E-state index is 14.4. The first-order valence-electron chi connectivity index (χ1n) is 12.1. The zero-order chi connectivity index (χ0) is 31.2. The molecule has 2 aliphatic rings. The van der Waals surface area contributed by atoms with Gasteiger partial charge in [-0.1, -0.05) is 32.0 Å². The van der Waals surface area contributed by atoms with Crippen molar-refractivity contribution in [2.45, 2.75) is 63.9 Å². The quantitative estimate of drug-likeness (QED) is 0.150. The molecule has 19 nitrogen and oxygen atoms in total. The maximum absolute atomic E-state index is 14.4. The third kappa shape index (κ3) is 7.22. The largest absolute Gasteiger partial charge is 0.393 e. The highest BCUT2D eigenvalue weighted by atomic mass is 19.1. The van der Waals surface area contributed by atoms with E-state index in [-0.39, 0.29) is 21.4 Å². The zero-order valence-corrected chi connectivity index (χ0v) is 21.7. The Hall–Kier alpha value is -4.36. The molecule has 2 aliphatic heterocycles. The molecule has 4 rings (SSSR count). The first kappa shape index (κ1) is 37.7.